The molecule has 0 amide bonds. The molecular weight excluding hydrogens is 278 g/mol. The molecule has 0 saturated heterocycles. The van der Waals surface area contributed by atoms with Gasteiger partial charge >= 0.3 is 0 Å². The quantitative estimate of drug-likeness (QED) is 0.660. The fourth-order valence-electron chi connectivity index (χ4n) is 3.35. The van der Waals surface area contributed by atoms with Gasteiger partial charge in [0.2, 0.25) is 0 Å². The summed E-state index contributed by atoms with van der Waals surface area (Å²) in [6.45, 7) is 2.26. The maximum atomic E-state index is 3.58. The van der Waals surface area contributed by atoms with Crippen LogP contribution in [0.4, 0.5) is 0 Å². The summed E-state index contributed by atoms with van der Waals surface area (Å²) in [5, 5.41) is 3.58. The molecule has 0 fully saturated rings. The highest BCUT2D eigenvalue weighted by molar-refractivity contribution is 5.35. The first-order valence-electron chi connectivity index (χ1n) is 9.24. The van der Waals surface area contributed by atoms with Gasteiger partial charge in [0.15, 0.2) is 0 Å². The van der Waals surface area contributed by atoms with E-state index in [1.54, 1.807) is 0 Å². The lowest BCUT2D eigenvalue weighted by molar-refractivity contribution is 0.630. The zero-order chi connectivity index (χ0) is 15.9. The first kappa shape index (κ1) is 16.1. The van der Waals surface area contributed by atoms with Crippen molar-refractivity contribution in [1.82, 2.24) is 5.32 Å². The minimum absolute atomic E-state index is 0.527. The van der Waals surface area contributed by atoms with Crippen LogP contribution in [0.2, 0.25) is 0 Å². The second kappa shape index (κ2) is 8.19. The molecule has 1 nitrogen and oxygen atoms in total. The molecular formula is C22H29N. The molecule has 3 aliphatic rings. The Morgan fingerprint density at radius 1 is 1.09 bits per heavy atom. The first-order chi connectivity index (χ1) is 11.3. The molecule has 0 aromatic heterocycles. The average Bonchev–Trinajstić information content (AvgIpc) is 2.62. The van der Waals surface area contributed by atoms with Gasteiger partial charge in [0.25, 0.3) is 0 Å². The summed E-state index contributed by atoms with van der Waals surface area (Å²) < 4.78 is 0. The van der Waals surface area contributed by atoms with E-state index >= 15 is 0 Å². The van der Waals surface area contributed by atoms with Gasteiger partial charge in [0.05, 0.1) is 0 Å². The number of nitrogens with one attached hydrogen (secondary N) is 1. The zero-order valence-electron chi connectivity index (χ0n) is 14.3. The van der Waals surface area contributed by atoms with Crippen LogP contribution in [0.25, 0.3) is 0 Å². The maximum absolute atomic E-state index is 3.58. The van der Waals surface area contributed by atoms with Crippen molar-refractivity contribution in [3.8, 4) is 0 Å². The van der Waals surface area contributed by atoms with Crippen LogP contribution in [0.3, 0.4) is 0 Å². The third-order valence-corrected chi connectivity index (χ3v) is 5.01. The smallest absolute Gasteiger partial charge is 0.0338 e. The third-order valence-electron chi connectivity index (χ3n) is 5.01. The molecule has 122 valence electrons. The molecule has 2 atom stereocenters. The van der Waals surface area contributed by atoms with Crippen molar-refractivity contribution < 1.29 is 0 Å². The van der Waals surface area contributed by atoms with Crippen molar-refractivity contribution in [2.45, 2.75) is 51.9 Å². The topological polar surface area (TPSA) is 12.0 Å². The van der Waals surface area contributed by atoms with Crippen LogP contribution in [0.5, 0.6) is 0 Å². The van der Waals surface area contributed by atoms with Crippen LogP contribution in [-0.4, -0.2) is 0 Å². The third kappa shape index (κ3) is 4.86. The van der Waals surface area contributed by atoms with Crippen LogP contribution >= 0.6 is 0 Å². The molecule has 0 aromatic carbocycles. The lowest BCUT2D eigenvalue weighted by Gasteiger charge is -2.19. The number of hydrogen-bond acceptors (Lipinski definition) is 1. The van der Waals surface area contributed by atoms with Crippen molar-refractivity contribution in [1.29, 1.82) is 0 Å². The lowest BCUT2D eigenvalue weighted by atomic mass is 9.93. The van der Waals surface area contributed by atoms with Gasteiger partial charge in [-0.25, -0.2) is 0 Å². The predicted molar refractivity (Wildman–Crippen MR) is 99.8 cm³/mol. The minimum Gasteiger partial charge on any atom is -0.359 e. The number of hydrogen-bond donors (Lipinski definition) is 1. The molecule has 1 N–H and O–H groups in total. The van der Waals surface area contributed by atoms with Crippen LogP contribution in [0, 0.1) is 11.8 Å². The summed E-state index contributed by atoms with van der Waals surface area (Å²) >= 11 is 0. The Morgan fingerprint density at radius 2 is 2.04 bits per heavy atom. The molecule has 0 spiro atoms. The second-order valence-electron chi connectivity index (χ2n) is 6.84. The first-order valence-corrected chi connectivity index (χ1v) is 9.24. The van der Waals surface area contributed by atoms with Crippen LogP contribution in [0.1, 0.15) is 51.9 Å². The highest BCUT2D eigenvalue weighted by Crippen LogP contribution is 2.23. The normalized spacial score (nSPS) is 27.6. The Balaban J connectivity index is 1.48. The summed E-state index contributed by atoms with van der Waals surface area (Å²) in [5.74, 6) is 1.27. The highest BCUT2D eigenvalue weighted by atomic mass is 14.9. The largest absolute Gasteiger partial charge is 0.359 e. The van der Waals surface area contributed by atoms with Crippen LogP contribution in [-0.2, 0) is 0 Å². The van der Waals surface area contributed by atoms with Crippen molar-refractivity contribution in [3.05, 3.63) is 71.7 Å². The Labute approximate surface area is 141 Å². The van der Waals surface area contributed by atoms with Gasteiger partial charge in [-0.15, -0.1) is 0 Å². The zero-order valence-corrected chi connectivity index (χ0v) is 14.3. The number of rotatable bonds is 5. The van der Waals surface area contributed by atoms with E-state index in [0.29, 0.717) is 5.92 Å². The Hall–Kier alpha value is -1.76. The molecule has 2 unspecified atom stereocenters. The SMILES string of the molecule is CCC1C=CC(/C=C/C2C=CC(NC3=CCCCC3)=CC2)=CC1. The van der Waals surface area contributed by atoms with Gasteiger partial charge in [0.1, 0.15) is 0 Å². The molecule has 0 saturated carbocycles. The Bertz CT molecular complexity index is 583. The standard InChI is InChI=1S/C22H29N/c1-2-18-8-10-19(11-9-18)12-13-20-14-16-22(17-15-20)23-21-6-4-3-5-7-21/h6,8,10-14,16-18,20,23H,2-5,7,9,15H2,1H3/b13-12+. The molecule has 0 radical (unpaired) electrons. The fraction of sp³-hybridized carbons (Fsp3) is 0.455. The van der Waals surface area contributed by atoms with E-state index in [9.17, 15) is 0 Å². The predicted octanol–water partition coefficient (Wildman–Crippen LogP) is 5.96. The number of allylic oxidation sites excluding steroid dienone is 11. The van der Waals surface area contributed by atoms with E-state index in [-0.39, 0.29) is 0 Å². The molecule has 1 heteroatoms. The van der Waals surface area contributed by atoms with E-state index in [4.69, 9.17) is 0 Å². The van der Waals surface area contributed by atoms with E-state index < -0.39 is 0 Å². The molecule has 0 heterocycles. The monoisotopic (exact) mass is 307 g/mol. The fourth-order valence-corrected chi connectivity index (χ4v) is 3.35. The summed E-state index contributed by atoms with van der Waals surface area (Å²) in [7, 11) is 0. The molecule has 0 aromatic rings. The van der Waals surface area contributed by atoms with Crippen molar-refractivity contribution in [2.24, 2.45) is 11.8 Å². The maximum Gasteiger partial charge on any atom is 0.0338 e. The minimum atomic E-state index is 0.527. The van der Waals surface area contributed by atoms with Crippen molar-refractivity contribution in [2.75, 3.05) is 0 Å². The van der Waals surface area contributed by atoms with Crippen molar-refractivity contribution in [3.63, 3.8) is 0 Å². The molecule has 0 bridgehead atoms. The van der Waals surface area contributed by atoms with E-state index in [1.165, 1.54) is 55.5 Å². The van der Waals surface area contributed by atoms with Crippen LogP contribution in [0.15, 0.2) is 71.7 Å². The summed E-state index contributed by atoms with van der Waals surface area (Å²) in [6, 6.07) is 0. The average molecular weight is 307 g/mol. The highest BCUT2D eigenvalue weighted by Gasteiger charge is 2.09. The van der Waals surface area contributed by atoms with Gasteiger partial charge in [-0.3, -0.25) is 0 Å². The summed E-state index contributed by atoms with van der Waals surface area (Å²) in [4.78, 5) is 0. The lowest BCUT2D eigenvalue weighted by Crippen LogP contribution is -2.15. The van der Waals surface area contributed by atoms with Gasteiger partial charge < -0.3 is 5.32 Å². The van der Waals surface area contributed by atoms with E-state index in [1.807, 2.05) is 0 Å². The van der Waals surface area contributed by atoms with Gasteiger partial charge in [-0.2, -0.15) is 0 Å². The van der Waals surface area contributed by atoms with E-state index in [2.05, 4.69) is 66.9 Å². The second-order valence-corrected chi connectivity index (χ2v) is 6.84. The molecule has 23 heavy (non-hydrogen) atoms. The van der Waals surface area contributed by atoms with Gasteiger partial charge in [-0.05, 0) is 68.4 Å². The summed E-state index contributed by atoms with van der Waals surface area (Å²) in [6.07, 6.45) is 29.5. The Morgan fingerprint density at radius 3 is 2.70 bits per heavy atom. The van der Waals surface area contributed by atoms with Crippen molar-refractivity contribution >= 4 is 0 Å². The van der Waals surface area contributed by atoms with E-state index in [0.717, 1.165) is 12.3 Å². The summed E-state index contributed by atoms with van der Waals surface area (Å²) in [5.41, 5.74) is 4.04. The molecule has 3 rings (SSSR count). The molecule has 0 aliphatic heterocycles. The van der Waals surface area contributed by atoms with Gasteiger partial charge in [-0.1, -0.05) is 55.5 Å². The van der Waals surface area contributed by atoms with Crippen LogP contribution < -0.4 is 5.32 Å². The van der Waals surface area contributed by atoms with Gasteiger partial charge in [0, 0.05) is 11.4 Å². The Kier molecular flexibility index (Phi) is 5.74. The molecule has 3 aliphatic carbocycles.